The van der Waals surface area contributed by atoms with E-state index in [1.54, 1.807) is 43.3 Å². The number of hydrazone groups is 1. The van der Waals surface area contributed by atoms with Gasteiger partial charge in [0.25, 0.3) is 11.8 Å². The lowest BCUT2D eigenvalue weighted by Gasteiger charge is -2.21. The number of nitrogens with zero attached hydrogens (tertiary/aromatic N) is 1. The summed E-state index contributed by atoms with van der Waals surface area (Å²) in [6.07, 6.45) is 0.731. The zero-order chi connectivity index (χ0) is 32.3. The minimum atomic E-state index is -0.955. The Labute approximate surface area is 284 Å². The van der Waals surface area contributed by atoms with E-state index in [9.17, 15) is 9.59 Å². The van der Waals surface area contributed by atoms with E-state index in [0.717, 1.165) is 11.1 Å². The smallest absolute Gasteiger partial charge is 0.262 e. The second-order valence-electron chi connectivity index (χ2n) is 9.77. The van der Waals surface area contributed by atoms with Gasteiger partial charge in [0.1, 0.15) is 18.4 Å². The molecule has 0 aliphatic carbocycles. The number of halogens is 4. The molecule has 0 bridgehead atoms. The van der Waals surface area contributed by atoms with Gasteiger partial charge in [-0.3, -0.25) is 9.59 Å². The van der Waals surface area contributed by atoms with Crippen molar-refractivity contribution in [3.63, 3.8) is 0 Å². The Morgan fingerprint density at radius 3 is 2.29 bits per heavy atom. The first-order valence-electron chi connectivity index (χ1n) is 13.7. The number of ether oxygens (including phenoxy) is 3. The number of rotatable bonds is 13. The molecule has 12 heteroatoms. The van der Waals surface area contributed by atoms with Gasteiger partial charge in [-0.15, -0.1) is 0 Å². The fourth-order valence-electron chi connectivity index (χ4n) is 4.10. The molecule has 0 saturated heterocycles. The Kier molecular flexibility index (Phi) is 12.5. The van der Waals surface area contributed by atoms with Crippen LogP contribution in [0.3, 0.4) is 0 Å². The topological polar surface area (TPSA) is 98.2 Å². The normalized spacial score (nSPS) is 12.3. The van der Waals surface area contributed by atoms with E-state index in [-0.39, 0.29) is 11.4 Å². The molecule has 4 aromatic carbocycles. The summed E-state index contributed by atoms with van der Waals surface area (Å²) in [6.45, 7) is 1.87. The SMILES string of the molecule is COc1cc(/C=N\NC(=O)[C@H](Cc2ccccc2)NC(=O)[C@H](C)Oc2ccc(Cl)cc2Cl)cc(Br)c1OCc1ccc(Cl)cc1. The highest BCUT2D eigenvalue weighted by Gasteiger charge is 2.25. The van der Waals surface area contributed by atoms with E-state index in [2.05, 4.69) is 31.8 Å². The maximum Gasteiger partial charge on any atom is 0.262 e. The van der Waals surface area contributed by atoms with Gasteiger partial charge in [-0.25, -0.2) is 5.43 Å². The summed E-state index contributed by atoms with van der Waals surface area (Å²) in [5.74, 6) is 0.240. The Morgan fingerprint density at radius 2 is 1.60 bits per heavy atom. The number of nitrogens with one attached hydrogen (secondary N) is 2. The van der Waals surface area contributed by atoms with Crippen LogP contribution in [0.4, 0.5) is 0 Å². The van der Waals surface area contributed by atoms with Crippen molar-refractivity contribution in [2.45, 2.75) is 32.1 Å². The second kappa shape index (κ2) is 16.5. The lowest BCUT2D eigenvalue weighted by Crippen LogP contribution is -2.50. The Bertz CT molecular complexity index is 1660. The van der Waals surface area contributed by atoms with Gasteiger partial charge < -0.3 is 19.5 Å². The third kappa shape index (κ3) is 10.1. The van der Waals surface area contributed by atoms with Crippen LogP contribution in [0.2, 0.25) is 15.1 Å². The summed E-state index contributed by atoms with van der Waals surface area (Å²) >= 11 is 21.6. The van der Waals surface area contributed by atoms with Crippen LogP contribution in [-0.4, -0.2) is 37.3 Å². The van der Waals surface area contributed by atoms with Crippen molar-refractivity contribution >= 4 is 68.8 Å². The van der Waals surface area contributed by atoms with Crippen LogP contribution in [0, 0.1) is 0 Å². The van der Waals surface area contributed by atoms with Crippen LogP contribution in [0.15, 0.2) is 94.5 Å². The molecule has 4 rings (SSSR count). The third-order valence-corrected chi connectivity index (χ3v) is 7.79. The van der Waals surface area contributed by atoms with E-state index in [4.69, 9.17) is 49.0 Å². The first kappa shape index (κ1) is 34.1. The minimum Gasteiger partial charge on any atom is -0.493 e. The summed E-state index contributed by atoms with van der Waals surface area (Å²) in [7, 11) is 1.53. The number of methoxy groups -OCH3 is 1. The predicted molar refractivity (Wildman–Crippen MR) is 181 cm³/mol. The number of carbonyl (C=O) groups is 2. The lowest BCUT2D eigenvalue weighted by atomic mass is 10.1. The Balaban J connectivity index is 1.43. The standard InChI is InChI=1S/C33H29BrCl3N3O5/c1-20(45-29-13-12-25(36)17-27(29)37)32(41)39-28(15-21-6-4-3-5-7-21)33(42)40-38-18-23-14-26(34)31(30(16-23)43-2)44-19-22-8-10-24(35)11-9-22/h3-14,16-18,20,28H,15,19H2,1-2H3,(H,39,41)(H,40,42)/b38-18-/t20-,28-/m0/s1. The van der Waals surface area contributed by atoms with E-state index in [0.29, 0.717) is 43.9 Å². The van der Waals surface area contributed by atoms with Gasteiger partial charge in [0.15, 0.2) is 17.6 Å². The average Bonchev–Trinajstić information content (AvgIpc) is 3.02. The highest BCUT2D eigenvalue weighted by atomic mass is 79.9. The molecule has 4 aromatic rings. The van der Waals surface area contributed by atoms with Crippen molar-refractivity contribution in [2.75, 3.05) is 7.11 Å². The largest absolute Gasteiger partial charge is 0.493 e. The molecule has 0 spiro atoms. The molecule has 8 nitrogen and oxygen atoms in total. The van der Waals surface area contributed by atoms with Crippen molar-refractivity contribution < 1.29 is 23.8 Å². The van der Waals surface area contributed by atoms with E-state index in [1.165, 1.54) is 19.4 Å². The molecule has 45 heavy (non-hydrogen) atoms. The van der Waals surface area contributed by atoms with Gasteiger partial charge in [-0.1, -0.05) is 77.3 Å². The highest BCUT2D eigenvalue weighted by molar-refractivity contribution is 9.10. The van der Waals surface area contributed by atoms with Crippen LogP contribution in [0.1, 0.15) is 23.6 Å². The summed E-state index contributed by atoms with van der Waals surface area (Å²) in [4.78, 5) is 26.3. The van der Waals surface area contributed by atoms with Crippen molar-refractivity contribution in [3.05, 3.63) is 121 Å². The first-order chi connectivity index (χ1) is 21.6. The van der Waals surface area contributed by atoms with E-state index in [1.807, 2.05) is 42.5 Å². The molecule has 0 aliphatic rings. The Hall–Kier alpha value is -3.76. The van der Waals surface area contributed by atoms with Crippen LogP contribution >= 0.6 is 50.7 Å². The predicted octanol–water partition coefficient (Wildman–Crippen LogP) is 7.64. The highest BCUT2D eigenvalue weighted by Crippen LogP contribution is 2.37. The number of benzene rings is 4. The number of carbonyl (C=O) groups excluding carboxylic acids is 2. The first-order valence-corrected chi connectivity index (χ1v) is 15.6. The van der Waals surface area contributed by atoms with Gasteiger partial charge >= 0.3 is 0 Å². The molecular weight excluding hydrogens is 705 g/mol. The quantitative estimate of drug-likeness (QED) is 0.109. The van der Waals surface area contributed by atoms with Crippen molar-refractivity contribution in [2.24, 2.45) is 5.10 Å². The lowest BCUT2D eigenvalue weighted by molar-refractivity contribution is -0.132. The van der Waals surface area contributed by atoms with E-state index >= 15 is 0 Å². The zero-order valence-corrected chi connectivity index (χ0v) is 28.1. The fourth-order valence-corrected chi connectivity index (χ4v) is 5.25. The molecule has 0 heterocycles. The van der Waals surface area contributed by atoms with Crippen LogP contribution < -0.4 is 25.0 Å². The number of amides is 2. The average molecular weight is 734 g/mol. The minimum absolute atomic E-state index is 0.224. The molecular formula is C33H29BrCl3N3O5. The monoisotopic (exact) mass is 731 g/mol. The van der Waals surface area contributed by atoms with Crippen molar-refractivity contribution in [3.8, 4) is 17.2 Å². The molecule has 2 amide bonds. The molecule has 234 valence electrons. The Morgan fingerprint density at radius 1 is 0.889 bits per heavy atom. The molecule has 0 aromatic heterocycles. The van der Waals surface area contributed by atoms with Gasteiger partial charge in [-0.05, 0) is 82.0 Å². The number of hydrogen-bond acceptors (Lipinski definition) is 6. The van der Waals surface area contributed by atoms with Gasteiger partial charge in [0.2, 0.25) is 0 Å². The summed E-state index contributed by atoms with van der Waals surface area (Å²) < 4.78 is 17.9. The van der Waals surface area contributed by atoms with Crippen molar-refractivity contribution in [1.82, 2.24) is 10.7 Å². The fraction of sp³-hybridized carbons (Fsp3) is 0.182. The molecule has 0 aliphatic heterocycles. The van der Waals surface area contributed by atoms with Gasteiger partial charge in [0.05, 0.1) is 22.8 Å². The molecule has 0 fully saturated rings. The molecule has 0 radical (unpaired) electrons. The molecule has 0 saturated carbocycles. The molecule has 2 atom stereocenters. The number of hydrogen-bond donors (Lipinski definition) is 2. The summed E-state index contributed by atoms with van der Waals surface area (Å²) in [5.41, 5.74) is 4.94. The maximum atomic E-state index is 13.3. The summed E-state index contributed by atoms with van der Waals surface area (Å²) in [5, 5.41) is 8.23. The van der Waals surface area contributed by atoms with Gasteiger partial charge in [-0.2, -0.15) is 5.10 Å². The summed E-state index contributed by atoms with van der Waals surface area (Å²) in [6, 6.07) is 23.9. The zero-order valence-electron chi connectivity index (χ0n) is 24.2. The molecule has 0 unspecified atom stereocenters. The molecule has 2 N–H and O–H groups in total. The van der Waals surface area contributed by atoms with Crippen molar-refractivity contribution in [1.29, 1.82) is 0 Å². The van der Waals surface area contributed by atoms with Gasteiger partial charge in [0, 0.05) is 16.5 Å². The van der Waals surface area contributed by atoms with Crippen LogP contribution in [-0.2, 0) is 22.6 Å². The van der Waals surface area contributed by atoms with Crippen LogP contribution in [0.25, 0.3) is 0 Å². The third-order valence-electron chi connectivity index (χ3n) is 6.42. The van der Waals surface area contributed by atoms with E-state index < -0.39 is 24.0 Å². The van der Waals surface area contributed by atoms with Crippen LogP contribution in [0.5, 0.6) is 17.2 Å². The second-order valence-corrected chi connectivity index (χ2v) is 11.9. The maximum absolute atomic E-state index is 13.3.